The van der Waals surface area contributed by atoms with Crippen molar-refractivity contribution >= 4 is 27.5 Å². The molecule has 1 aromatic carbocycles. The molecule has 2 atom stereocenters. The summed E-state index contributed by atoms with van der Waals surface area (Å²) in [4.78, 5) is 13.4. The van der Waals surface area contributed by atoms with E-state index in [1.165, 1.54) is 0 Å². The molecule has 1 aliphatic rings. The molecule has 1 fully saturated rings. The molecule has 0 spiro atoms. The second kappa shape index (κ2) is 7.84. The number of carbonyl (C=O) groups is 1. The molecule has 7 heteroatoms. The van der Waals surface area contributed by atoms with Crippen molar-refractivity contribution in [2.75, 3.05) is 18.6 Å². The van der Waals surface area contributed by atoms with E-state index in [2.05, 4.69) is 5.32 Å². The van der Waals surface area contributed by atoms with Crippen molar-refractivity contribution in [3.8, 4) is 6.07 Å². The van der Waals surface area contributed by atoms with E-state index in [-0.39, 0.29) is 30.0 Å². The fraction of sp³-hybridized carbons (Fsp3) is 0.500. The molecule has 23 heavy (non-hydrogen) atoms. The van der Waals surface area contributed by atoms with Gasteiger partial charge in [-0.05, 0) is 49.3 Å². The van der Waals surface area contributed by atoms with Crippen molar-refractivity contribution < 1.29 is 13.2 Å². The summed E-state index contributed by atoms with van der Waals surface area (Å²) >= 11 is 1.56. The van der Waals surface area contributed by atoms with Gasteiger partial charge in [-0.15, -0.1) is 11.8 Å². The summed E-state index contributed by atoms with van der Waals surface area (Å²) in [7, 11) is -3.41. The molecule has 0 aromatic heterocycles. The Kier molecular flexibility index (Phi) is 6.08. The first-order valence-electron chi connectivity index (χ1n) is 7.49. The van der Waals surface area contributed by atoms with E-state index in [9.17, 15) is 13.2 Å². The van der Waals surface area contributed by atoms with Gasteiger partial charge in [-0.2, -0.15) is 5.26 Å². The predicted octanol–water partition coefficient (Wildman–Crippen LogP) is 2.24. The average molecular weight is 352 g/mol. The summed E-state index contributed by atoms with van der Waals surface area (Å²) in [5.41, 5.74) is 0. The number of nitrogens with zero attached hydrogens (tertiary/aromatic N) is 1. The Bertz CT molecular complexity index is 693. The molecular weight excluding hydrogens is 332 g/mol. The molecule has 1 aromatic rings. The van der Waals surface area contributed by atoms with Gasteiger partial charge in [0.2, 0.25) is 5.91 Å². The van der Waals surface area contributed by atoms with Crippen molar-refractivity contribution in [3.63, 3.8) is 0 Å². The smallest absolute Gasteiger partial charge is 0.224 e. The van der Waals surface area contributed by atoms with Crippen LogP contribution in [0.2, 0.25) is 0 Å². The number of thioether (sulfide) groups is 1. The molecule has 2 unspecified atom stereocenters. The molecule has 124 valence electrons. The van der Waals surface area contributed by atoms with Crippen molar-refractivity contribution in [3.05, 3.63) is 24.3 Å². The number of rotatable bonds is 6. The number of benzene rings is 1. The number of sulfone groups is 1. The van der Waals surface area contributed by atoms with E-state index in [4.69, 9.17) is 5.26 Å². The van der Waals surface area contributed by atoms with E-state index in [1.807, 2.05) is 12.3 Å². The van der Waals surface area contributed by atoms with Gasteiger partial charge in [0.25, 0.3) is 0 Å². The van der Waals surface area contributed by atoms with Gasteiger partial charge >= 0.3 is 0 Å². The highest BCUT2D eigenvalue weighted by molar-refractivity contribution is 7.98. The maximum atomic E-state index is 12.6. The summed E-state index contributed by atoms with van der Waals surface area (Å²) in [6.45, 7) is -0.0368. The molecule has 0 bridgehead atoms. The van der Waals surface area contributed by atoms with E-state index >= 15 is 0 Å². The Morgan fingerprint density at radius 3 is 2.65 bits per heavy atom. The highest BCUT2D eigenvalue weighted by Gasteiger charge is 2.36. The lowest BCUT2D eigenvalue weighted by atomic mass is 9.97. The molecule has 0 radical (unpaired) electrons. The zero-order valence-electron chi connectivity index (χ0n) is 13.0. The third-order valence-corrected chi connectivity index (χ3v) is 6.79. The fourth-order valence-corrected chi connectivity index (χ4v) is 5.11. The van der Waals surface area contributed by atoms with Crippen LogP contribution >= 0.6 is 11.8 Å². The highest BCUT2D eigenvalue weighted by Crippen LogP contribution is 2.34. The van der Waals surface area contributed by atoms with E-state index in [0.29, 0.717) is 11.3 Å². The number of nitriles is 1. The lowest BCUT2D eigenvalue weighted by molar-refractivity contribution is -0.125. The minimum Gasteiger partial charge on any atom is -0.343 e. The molecule has 0 saturated heterocycles. The number of carbonyl (C=O) groups excluding carboxylic acids is 1. The minimum atomic E-state index is -3.41. The molecule has 0 aliphatic heterocycles. The van der Waals surface area contributed by atoms with Crippen LogP contribution < -0.4 is 5.32 Å². The largest absolute Gasteiger partial charge is 0.343 e. The first kappa shape index (κ1) is 17.8. The topological polar surface area (TPSA) is 87.0 Å². The lowest BCUT2D eigenvalue weighted by Gasteiger charge is -2.18. The Labute approximate surface area is 141 Å². The van der Waals surface area contributed by atoms with Crippen LogP contribution in [0, 0.1) is 23.2 Å². The van der Waals surface area contributed by atoms with E-state index < -0.39 is 9.84 Å². The molecule has 1 N–H and O–H groups in total. The Hall–Kier alpha value is -1.52. The summed E-state index contributed by atoms with van der Waals surface area (Å²) in [5, 5.41) is 11.1. The number of hydrogen-bond acceptors (Lipinski definition) is 5. The van der Waals surface area contributed by atoms with Crippen molar-refractivity contribution in [1.82, 2.24) is 5.32 Å². The van der Waals surface area contributed by atoms with Crippen LogP contribution in [-0.2, 0) is 14.6 Å². The van der Waals surface area contributed by atoms with Crippen LogP contribution in [0.25, 0.3) is 0 Å². The lowest BCUT2D eigenvalue weighted by Crippen LogP contribution is -2.35. The van der Waals surface area contributed by atoms with Gasteiger partial charge in [0, 0.05) is 10.8 Å². The Morgan fingerprint density at radius 1 is 1.35 bits per heavy atom. The zero-order chi connectivity index (χ0) is 16.9. The standard InChI is InChI=1S/C16H20N2O3S2/c1-22-13-5-7-14(8-6-13)23(20,21)11-12-3-2-4-15(12)16(19)18-10-9-17/h5-8,12,15H,2-4,10-11H2,1H3,(H,18,19). The average Bonchev–Trinajstić information content (AvgIpc) is 3.00. The molecular formula is C16H20N2O3S2. The normalized spacial score (nSPS) is 20.9. The summed E-state index contributed by atoms with van der Waals surface area (Å²) in [5.74, 6) is -0.722. The Morgan fingerprint density at radius 2 is 2.04 bits per heavy atom. The zero-order valence-corrected chi connectivity index (χ0v) is 14.6. The van der Waals surface area contributed by atoms with Gasteiger partial charge in [-0.3, -0.25) is 4.79 Å². The first-order chi connectivity index (χ1) is 11.0. The monoisotopic (exact) mass is 352 g/mol. The molecule has 2 rings (SSSR count). The molecule has 1 amide bonds. The van der Waals surface area contributed by atoms with Gasteiger partial charge in [0.15, 0.2) is 9.84 Å². The van der Waals surface area contributed by atoms with E-state index in [1.54, 1.807) is 36.0 Å². The fourth-order valence-electron chi connectivity index (χ4n) is 3.00. The molecule has 5 nitrogen and oxygen atoms in total. The van der Waals surface area contributed by atoms with Crippen molar-refractivity contribution in [1.29, 1.82) is 5.26 Å². The van der Waals surface area contributed by atoms with Crippen LogP contribution in [0.1, 0.15) is 19.3 Å². The van der Waals surface area contributed by atoms with E-state index in [0.717, 1.165) is 17.7 Å². The van der Waals surface area contributed by atoms with Crippen LogP contribution in [0.4, 0.5) is 0 Å². The van der Waals surface area contributed by atoms with Gasteiger partial charge in [-0.25, -0.2) is 8.42 Å². The molecule has 1 aliphatic carbocycles. The summed E-state index contributed by atoms with van der Waals surface area (Å²) in [6, 6.07) is 8.71. The molecule has 0 heterocycles. The summed E-state index contributed by atoms with van der Waals surface area (Å²) < 4.78 is 25.2. The van der Waals surface area contributed by atoms with Gasteiger partial charge in [0.1, 0.15) is 6.54 Å². The second-order valence-electron chi connectivity index (χ2n) is 5.63. The number of nitrogens with one attached hydrogen (secondary N) is 1. The number of hydrogen-bond donors (Lipinski definition) is 1. The maximum Gasteiger partial charge on any atom is 0.224 e. The predicted molar refractivity (Wildman–Crippen MR) is 89.7 cm³/mol. The maximum absolute atomic E-state index is 12.6. The van der Waals surface area contributed by atoms with Gasteiger partial charge in [0.05, 0.1) is 16.7 Å². The van der Waals surface area contributed by atoms with Crippen LogP contribution in [0.5, 0.6) is 0 Å². The highest BCUT2D eigenvalue weighted by atomic mass is 32.2. The van der Waals surface area contributed by atoms with Crippen molar-refractivity contribution in [2.45, 2.75) is 29.1 Å². The SMILES string of the molecule is CSc1ccc(S(=O)(=O)CC2CCCC2C(=O)NCC#N)cc1. The van der Waals surface area contributed by atoms with Gasteiger partial charge in [-0.1, -0.05) is 6.42 Å². The number of amides is 1. The minimum absolute atomic E-state index is 0.0176. The summed E-state index contributed by atoms with van der Waals surface area (Å²) in [6.07, 6.45) is 4.19. The quantitative estimate of drug-likeness (QED) is 0.627. The third kappa shape index (κ3) is 4.49. The third-order valence-electron chi connectivity index (χ3n) is 4.19. The Balaban J connectivity index is 2.09. The molecule has 1 saturated carbocycles. The van der Waals surface area contributed by atoms with Crippen LogP contribution in [0.3, 0.4) is 0 Å². The van der Waals surface area contributed by atoms with Gasteiger partial charge < -0.3 is 5.32 Å². The van der Waals surface area contributed by atoms with Crippen LogP contribution in [0.15, 0.2) is 34.1 Å². The second-order valence-corrected chi connectivity index (χ2v) is 8.54. The van der Waals surface area contributed by atoms with Crippen molar-refractivity contribution in [2.24, 2.45) is 11.8 Å². The van der Waals surface area contributed by atoms with Crippen LogP contribution in [-0.4, -0.2) is 32.9 Å². The first-order valence-corrected chi connectivity index (χ1v) is 10.4.